The van der Waals surface area contributed by atoms with E-state index < -0.39 is 0 Å². The second kappa shape index (κ2) is 7.62. The van der Waals surface area contributed by atoms with Gasteiger partial charge in [-0.3, -0.25) is 0 Å². The van der Waals surface area contributed by atoms with Gasteiger partial charge in [0.2, 0.25) is 0 Å². The molecule has 0 aliphatic heterocycles. The zero-order valence-corrected chi connectivity index (χ0v) is 16.8. The van der Waals surface area contributed by atoms with Crippen LogP contribution in [-0.2, 0) is 0 Å². The number of benzene rings is 3. The number of nitrogens with zero attached hydrogens (tertiary/aromatic N) is 3. The molecule has 0 bridgehead atoms. The Morgan fingerprint density at radius 1 is 0.690 bits per heavy atom. The van der Waals surface area contributed by atoms with E-state index in [0.29, 0.717) is 11.0 Å². The van der Waals surface area contributed by atoms with Crippen LogP contribution in [0.3, 0.4) is 0 Å². The molecule has 0 unspecified atom stereocenters. The Balaban J connectivity index is 1.38. The van der Waals surface area contributed by atoms with Gasteiger partial charge in [-0.2, -0.15) is 0 Å². The highest BCUT2D eigenvalue weighted by Gasteiger charge is 2.09. The van der Waals surface area contributed by atoms with Gasteiger partial charge in [-0.1, -0.05) is 66.2 Å². The van der Waals surface area contributed by atoms with Crippen LogP contribution in [-0.4, -0.2) is 15.0 Å². The van der Waals surface area contributed by atoms with E-state index in [1.165, 1.54) is 0 Å². The first-order valence-electron chi connectivity index (χ1n) is 9.07. The summed E-state index contributed by atoms with van der Waals surface area (Å²) in [5.41, 5.74) is 5.61. The van der Waals surface area contributed by atoms with Gasteiger partial charge in [0, 0.05) is 22.2 Å². The summed E-state index contributed by atoms with van der Waals surface area (Å²) in [6.45, 7) is 0. The molecule has 0 saturated carbocycles. The molecule has 0 fully saturated rings. The number of para-hydroxylation sites is 2. The van der Waals surface area contributed by atoms with E-state index in [1.54, 1.807) is 11.3 Å². The normalized spacial score (nSPS) is 10.9. The molecule has 6 heteroatoms. The van der Waals surface area contributed by atoms with E-state index in [1.807, 2.05) is 66.7 Å². The van der Waals surface area contributed by atoms with Crippen LogP contribution in [0.25, 0.3) is 32.9 Å². The van der Waals surface area contributed by atoms with Crippen LogP contribution >= 0.6 is 22.9 Å². The van der Waals surface area contributed by atoms with Crippen LogP contribution in [0.15, 0.2) is 84.2 Å². The maximum Gasteiger partial charge on any atom is 0.172 e. The number of thiazole rings is 1. The molecule has 0 aliphatic carbocycles. The molecule has 0 atom stereocenters. The van der Waals surface area contributed by atoms with Crippen molar-refractivity contribution >= 4 is 45.5 Å². The monoisotopic (exact) mass is 414 g/mol. The average Bonchev–Trinajstić information content (AvgIpc) is 3.26. The molecule has 2 heterocycles. The molecule has 1 N–H and O–H groups in total. The third kappa shape index (κ3) is 3.70. The maximum atomic E-state index is 6.30. The summed E-state index contributed by atoms with van der Waals surface area (Å²) < 4.78 is 0. The number of fused-ring (bicyclic) bond motifs is 1. The van der Waals surface area contributed by atoms with Crippen molar-refractivity contribution in [1.82, 2.24) is 15.0 Å². The number of rotatable bonds is 4. The number of anilines is 2. The first-order valence-corrected chi connectivity index (χ1v) is 10.3. The molecule has 3 aromatic carbocycles. The molecule has 0 spiro atoms. The number of hydrogen-bond acceptors (Lipinski definition) is 5. The Labute approximate surface area is 176 Å². The lowest BCUT2D eigenvalue weighted by Gasteiger charge is -2.09. The second-order valence-electron chi connectivity index (χ2n) is 6.46. The van der Waals surface area contributed by atoms with E-state index in [0.717, 1.165) is 38.5 Å². The smallest absolute Gasteiger partial charge is 0.172 e. The van der Waals surface area contributed by atoms with Gasteiger partial charge in [0.1, 0.15) is 5.01 Å². The number of hydrogen-bond donors (Lipinski definition) is 1. The van der Waals surface area contributed by atoms with Crippen molar-refractivity contribution in [2.24, 2.45) is 0 Å². The Kier molecular flexibility index (Phi) is 4.68. The quantitative estimate of drug-likeness (QED) is 0.350. The van der Waals surface area contributed by atoms with Crippen molar-refractivity contribution in [2.45, 2.75) is 0 Å². The van der Waals surface area contributed by atoms with Crippen molar-refractivity contribution < 1.29 is 0 Å². The lowest BCUT2D eigenvalue weighted by atomic mass is 10.1. The minimum Gasteiger partial charge on any atom is -0.338 e. The van der Waals surface area contributed by atoms with Crippen molar-refractivity contribution in [1.29, 1.82) is 0 Å². The number of nitrogens with one attached hydrogen (secondary N) is 1. The van der Waals surface area contributed by atoms with Gasteiger partial charge in [0.05, 0.1) is 16.7 Å². The first-order chi connectivity index (χ1) is 14.3. The van der Waals surface area contributed by atoms with Gasteiger partial charge in [-0.05, 0) is 24.3 Å². The average molecular weight is 415 g/mol. The van der Waals surface area contributed by atoms with Crippen molar-refractivity contribution in [2.75, 3.05) is 5.32 Å². The van der Waals surface area contributed by atoms with Gasteiger partial charge in [0.25, 0.3) is 0 Å². The molecule has 5 rings (SSSR count). The van der Waals surface area contributed by atoms with E-state index >= 15 is 0 Å². The molecule has 2 aromatic heterocycles. The van der Waals surface area contributed by atoms with Crippen LogP contribution in [0.4, 0.5) is 11.5 Å². The molecule has 0 amide bonds. The summed E-state index contributed by atoms with van der Waals surface area (Å²) in [5, 5.41) is 6.69. The Hall–Kier alpha value is -3.28. The van der Waals surface area contributed by atoms with E-state index in [4.69, 9.17) is 16.6 Å². The minimum atomic E-state index is 0.347. The first kappa shape index (κ1) is 17.8. The maximum absolute atomic E-state index is 6.30. The summed E-state index contributed by atoms with van der Waals surface area (Å²) in [5.74, 6) is 0.540. The van der Waals surface area contributed by atoms with Crippen molar-refractivity contribution in [3.8, 4) is 21.8 Å². The summed E-state index contributed by atoms with van der Waals surface area (Å²) >= 11 is 7.94. The molecule has 4 nitrogen and oxygen atoms in total. The molecule has 140 valence electrons. The molecular weight excluding hydrogens is 400 g/mol. The SMILES string of the molecule is Clc1nc2ccccc2nc1Nc1ccc(-c2csc(-c3ccccc3)n2)cc1. The molecular formula is C23H15ClN4S. The highest BCUT2D eigenvalue weighted by atomic mass is 35.5. The number of halogens is 1. The molecule has 5 aromatic rings. The predicted molar refractivity (Wildman–Crippen MR) is 121 cm³/mol. The third-order valence-corrected chi connectivity index (χ3v) is 5.65. The van der Waals surface area contributed by atoms with Gasteiger partial charge < -0.3 is 5.32 Å². The van der Waals surface area contributed by atoms with Gasteiger partial charge >= 0.3 is 0 Å². The van der Waals surface area contributed by atoms with Crippen LogP contribution in [0, 0.1) is 0 Å². The topological polar surface area (TPSA) is 50.7 Å². The zero-order valence-electron chi connectivity index (χ0n) is 15.2. The fourth-order valence-corrected chi connectivity index (χ4v) is 4.05. The van der Waals surface area contributed by atoms with Crippen LogP contribution in [0.5, 0.6) is 0 Å². The number of aromatic nitrogens is 3. The predicted octanol–water partition coefficient (Wildman–Crippen LogP) is 6.82. The summed E-state index contributed by atoms with van der Waals surface area (Å²) in [4.78, 5) is 13.7. The van der Waals surface area contributed by atoms with Crippen LogP contribution in [0.2, 0.25) is 5.15 Å². The largest absolute Gasteiger partial charge is 0.338 e. The molecule has 0 radical (unpaired) electrons. The fraction of sp³-hybridized carbons (Fsp3) is 0. The molecule has 0 saturated heterocycles. The van der Waals surface area contributed by atoms with Crippen LogP contribution < -0.4 is 5.32 Å². The Morgan fingerprint density at radius 2 is 1.38 bits per heavy atom. The minimum absolute atomic E-state index is 0.347. The van der Waals surface area contributed by atoms with E-state index in [9.17, 15) is 0 Å². The van der Waals surface area contributed by atoms with Gasteiger partial charge in [0.15, 0.2) is 11.0 Å². The second-order valence-corrected chi connectivity index (χ2v) is 7.67. The molecule has 0 aliphatic rings. The molecule has 29 heavy (non-hydrogen) atoms. The van der Waals surface area contributed by atoms with Crippen molar-refractivity contribution in [3.05, 3.63) is 89.4 Å². The van der Waals surface area contributed by atoms with Gasteiger partial charge in [-0.15, -0.1) is 11.3 Å². The van der Waals surface area contributed by atoms with Crippen LogP contribution in [0.1, 0.15) is 0 Å². The lowest BCUT2D eigenvalue weighted by molar-refractivity contribution is 1.28. The van der Waals surface area contributed by atoms with Gasteiger partial charge in [-0.25, -0.2) is 15.0 Å². The highest BCUT2D eigenvalue weighted by Crippen LogP contribution is 2.30. The summed E-state index contributed by atoms with van der Waals surface area (Å²) in [6, 6.07) is 25.9. The third-order valence-electron chi connectivity index (χ3n) is 4.50. The zero-order chi connectivity index (χ0) is 19.6. The highest BCUT2D eigenvalue weighted by molar-refractivity contribution is 7.13. The standard InChI is InChI=1S/C23H15ClN4S/c24-21-22(27-19-9-5-4-8-18(19)26-21)25-17-12-10-15(11-13-17)20-14-29-23(28-20)16-6-2-1-3-7-16/h1-14H,(H,25,27). The fourth-order valence-electron chi connectivity index (χ4n) is 3.04. The lowest BCUT2D eigenvalue weighted by Crippen LogP contribution is -1.97. The Bertz CT molecular complexity index is 1280. The summed E-state index contributed by atoms with van der Waals surface area (Å²) in [7, 11) is 0. The van der Waals surface area contributed by atoms with E-state index in [-0.39, 0.29) is 0 Å². The van der Waals surface area contributed by atoms with E-state index in [2.05, 4.69) is 32.8 Å². The van der Waals surface area contributed by atoms with Crippen molar-refractivity contribution in [3.63, 3.8) is 0 Å². The Morgan fingerprint density at radius 3 is 2.14 bits per heavy atom. The summed E-state index contributed by atoms with van der Waals surface area (Å²) in [6.07, 6.45) is 0.